The molecule has 1 heterocycles. The first kappa shape index (κ1) is 27.2. The second-order valence-electron chi connectivity index (χ2n) is 9.40. The van der Waals surface area contributed by atoms with Gasteiger partial charge in [0.15, 0.2) is 5.82 Å². The van der Waals surface area contributed by atoms with E-state index in [0.29, 0.717) is 17.9 Å². The van der Waals surface area contributed by atoms with Gasteiger partial charge in [-0.25, -0.2) is 4.98 Å². The standard InChI is InChI=1S/C27H33N5O3.ClH/c1-18-9-10-19(25(33)30-20-11-12-20)17-22(18)32-15-13-29-24(26(32)34)31-27(2,3)21-7-5-6-8-23(21)35-16-14-28-4;/h5-10,13,15,17,20,28H,11-12,14,16H2,1-4H3,(H,29,31)(H,30,33);1H. The number of benzene rings is 2. The van der Waals surface area contributed by atoms with Crippen LogP contribution in [0.2, 0.25) is 0 Å². The van der Waals surface area contributed by atoms with Crippen LogP contribution in [0, 0.1) is 6.92 Å². The van der Waals surface area contributed by atoms with Crippen LogP contribution in [0.25, 0.3) is 5.69 Å². The molecule has 8 nitrogen and oxygen atoms in total. The Hall–Kier alpha value is -3.36. The Morgan fingerprint density at radius 1 is 1.19 bits per heavy atom. The summed E-state index contributed by atoms with van der Waals surface area (Å²) in [5.41, 5.74) is 2.05. The minimum Gasteiger partial charge on any atom is -0.492 e. The van der Waals surface area contributed by atoms with Crippen LogP contribution in [0.4, 0.5) is 5.82 Å². The summed E-state index contributed by atoms with van der Waals surface area (Å²) < 4.78 is 7.50. The van der Waals surface area contributed by atoms with Crippen LogP contribution < -0.4 is 26.2 Å². The quantitative estimate of drug-likeness (QED) is 0.358. The van der Waals surface area contributed by atoms with Crippen molar-refractivity contribution in [1.29, 1.82) is 0 Å². The van der Waals surface area contributed by atoms with Crippen molar-refractivity contribution in [3.8, 4) is 11.4 Å². The molecule has 3 aromatic rings. The molecule has 0 bridgehead atoms. The number of ether oxygens (including phenoxy) is 1. The van der Waals surface area contributed by atoms with Gasteiger partial charge in [-0.2, -0.15) is 0 Å². The Morgan fingerprint density at radius 2 is 1.94 bits per heavy atom. The van der Waals surface area contributed by atoms with Gasteiger partial charge in [-0.3, -0.25) is 14.2 Å². The van der Waals surface area contributed by atoms with Crippen molar-refractivity contribution < 1.29 is 9.53 Å². The molecule has 192 valence electrons. The van der Waals surface area contributed by atoms with Gasteiger partial charge in [0.1, 0.15) is 12.4 Å². The summed E-state index contributed by atoms with van der Waals surface area (Å²) in [5, 5.41) is 9.39. The zero-order chi connectivity index (χ0) is 25.0. The normalized spacial score (nSPS) is 13.0. The molecule has 0 unspecified atom stereocenters. The first-order valence-electron chi connectivity index (χ1n) is 11.9. The number of halogens is 1. The van der Waals surface area contributed by atoms with Crippen molar-refractivity contribution in [1.82, 2.24) is 20.2 Å². The average Bonchev–Trinajstić information content (AvgIpc) is 3.65. The van der Waals surface area contributed by atoms with E-state index in [1.165, 1.54) is 4.57 Å². The molecule has 1 aromatic heterocycles. The summed E-state index contributed by atoms with van der Waals surface area (Å²) in [6.45, 7) is 7.15. The lowest BCUT2D eigenvalue weighted by atomic mass is 9.93. The van der Waals surface area contributed by atoms with E-state index in [1.54, 1.807) is 24.5 Å². The lowest BCUT2D eigenvalue weighted by Crippen LogP contribution is -2.34. The fraction of sp³-hybridized carbons (Fsp3) is 0.370. The Labute approximate surface area is 217 Å². The Balaban J connectivity index is 0.00000361. The molecule has 1 fully saturated rings. The third kappa shape index (κ3) is 6.25. The molecular weight excluding hydrogens is 478 g/mol. The maximum Gasteiger partial charge on any atom is 0.297 e. The number of aromatic nitrogens is 2. The summed E-state index contributed by atoms with van der Waals surface area (Å²) in [5.74, 6) is 0.849. The van der Waals surface area contributed by atoms with Gasteiger partial charge in [0.2, 0.25) is 0 Å². The lowest BCUT2D eigenvalue weighted by Gasteiger charge is -2.29. The van der Waals surface area contributed by atoms with E-state index in [-0.39, 0.29) is 35.7 Å². The molecular formula is C27H34ClN5O3. The minimum absolute atomic E-state index is 0. The van der Waals surface area contributed by atoms with E-state index in [4.69, 9.17) is 4.74 Å². The molecule has 36 heavy (non-hydrogen) atoms. The molecule has 9 heteroatoms. The fourth-order valence-corrected chi connectivity index (χ4v) is 3.93. The second-order valence-corrected chi connectivity index (χ2v) is 9.40. The third-order valence-corrected chi connectivity index (χ3v) is 6.09. The number of likely N-dealkylation sites (N-methyl/N-ethyl adjacent to an activating group) is 1. The number of amides is 1. The first-order valence-corrected chi connectivity index (χ1v) is 11.9. The second kappa shape index (κ2) is 11.6. The summed E-state index contributed by atoms with van der Waals surface area (Å²) in [7, 11) is 1.88. The first-order chi connectivity index (χ1) is 16.8. The third-order valence-electron chi connectivity index (χ3n) is 6.09. The van der Waals surface area contributed by atoms with Crippen molar-refractivity contribution in [3.05, 3.63) is 81.9 Å². The molecule has 1 amide bonds. The molecule has 1 aliphatic rings. The number of para-hydroxylation sites is 1. The maximum atomic E-state index is 13.5. The Kier molecular flexibility index (Phi) is 8.76. The van der Waals surface area contributed by atoms with Crippen molar-refractivity contribution in [3.63, 3.8) is 0 Å². The van der Waals surface area contributed by atoms with E-state index in [1.807, 2.05) is 58.2 Å². The van der Waals surface area contributed by atoms with Gasteiger partial charge >= 0.3 is 0 Å². The highest BCUT2D eigenvalue weighted by Gasteiger charge is 2.27. The fourth-order valence-electron chi connectivity index (χ4n) is 3.93. The van der Waals surface area contributed by atoms with Crippen LogP contribution >= 0.6 is 12.4 Å². The number of nitrogens with zero attached hydrogens (tertiary/aromatic N) is 2. The van der Waals surface area contributed by atoms with Crippen LogP contribution in [-0.4, -0.2) is 41.7 Å². The van der Waals surface area contributed by atoms with Crippen molar-refractivity contribution in [2.24, 2.45) is 0 Å². The van der Waals surface area contributed by atoms with E-state index in [0.717, 1.165) is 36.3 Å². The number of anilines is 1. The zero-order valence-corrected chi connectivity index (χ0v) is 21.9. The van der Waals surface area contributed by atoms with Crippen molar-refractivity contribution >= 4 is 24.1 Å². The van der Waals surface area contributed by atoms with Crippen LogP contribution in [-0.2, 0) is 5.54 Å². The molecule has 0 radical (unpaired) electrons. The SMILES string of the molecule is CNCCOc1ccccc1C(C)(C)Nc1nccn(-c2cc(C(=O)NC3CC3)ccc2C)c1=O.Cl. The zero-order valence-electron chi connectivity index (χ0n) is 21.1. The van der Waals surface area contributed by atoms with Crippen LogP contribution in [0.3, 0.4) is 0 Å². The van der Waals surface area contributed by atoms with Crippen LogP contribution in [0.5, 0.6) is 5.75 Å². The van der Waals surface area contributed by atoms with Gasteiger partial charge in [-0.15, -0.1) is 12.4 Å². The van der Waals surface area contributed by atoms with Crippen LogP contribution in [0.1, 0.15) is 48.2 Å². The monoisotopic (exact) mass is 511 g/mol. The number of carbonyl (C=O) groups excluding carboxylic acids is 1. The highest BCUT2D eigenvalue weighted by molar-refractivity contribution is 5.95. The number of nitrogens with one attached hydrogen (secondary N) is 3. The van der Waals surface area contributed by atoms with E-state index >= 15 is 0 Å². The maximum absolute atomic E-state index is 13.5. The highest BCUT2D eigenvalue weighted by Crippen LogP contribution is 2.31. The molecule has 3 N–H and O–H groups in total. The van der Waals surface area contributed by atoms with E-state index < -0.39 is 5.54 Å². The molecule has 0 saturated heterocycles. The molecule has 0 aliphatic heterocycles. The van der Waals surface area contributed by atoms with Crippen molar-refractivity contribution in [2.45, 2.75) is 45.2 Å². The van der Waals surface area contributed by atoms with Gasteiger partial charge in [0, 0.05) is 36.1 Å². The molecule has 0 spiro atoms. The van der Waals surface area contributed by atoms with Crippen molar-refractivity contribution in [2.75, 3.05) is 25.5 Å². The average molecular weight is 512 g/mol. The predicted molar refractivity (Wildman–Crippen MR) is 145 cm³/mol. The van der Waals surface area contributed by atoms with Gasteiger partial charge in [0.25, 0.3) is 11.5 Å². The van der Waals surface area contributed by atoms with Gasteiger partial charge < -0.3 is 20.7 Å². The molecule has 1 saturated carbocycles. The summed E-state index contributed by atoms with van der Waals surface area (Å²) >= 11 is 0. The van der Waals surface area contributed by atoms with E-state index in [9.17, 15) is 9.59 Å². The topological polar surface area (TPSA) is 97.3 Å². The summed E-state index contributed by atoms with van der Waals surface area (Å²) in [4.78, 5) is 30.4. The number of rotatable bonds is 10. The van der Waals surface area contributed by atoms with Gasteiger partial charge in [0.05, 0.1) is 11.2 Å². The van der Waals surface area contributed by atoms with Gasteiger partial charge in [-0.05, 0) is 64.4 Å². The highest BCUT2D eigenvalue weighted by atomic mass is 35.5. The summed E-state index contributed by atoms with van der Waals surface area (Å²) in [6.07, 6.45) is 5.25. The van der Waals surface area contributed by atoms with Crippen LogP contribution in [0.15, 0.2) is 59.7 Å². The smallest absolute Gasteiger partial charge is 0.297 e. The number of aryl methyl sites for hydroxylation is 1. The molecule has 0 atom stereocenters. The summed E-state index contributed by atoms with van der Waals surface area (Å²) in [6, 6.07) is 13.4. The number of hydrogen-bond donors (Lipinski definition) is 3. The Morgan fingerprint density at radius 3 is 2.67 bits per heavy atom. The van der Waals surface area contributed by atoms with Gasteiger partial charge in [-0.1, -0.05) is 24.3 Å². The molecule has 4 rings (SSSR count). The van der Waals surface area contributed by atoms with E-state index in [2.05, 4.69) is 20.9 Å². The number of carbonyl (C=O) groups is 1. The molecule has 2 aromatic carbocycles. The lowest BCUT2D eigenvalue weighted by molar-refractivity contribution is 0.0951. The molecule has 1 aliphatic carbocycles. The predicted octanol–water partition coefficient (Wildman–Crippen LogP) is 3.80. The largest absolute Gasteiger partial charge is 0.492 e. The number of hydrogen-bond acceptors (Lipinski definition) is 6. The minimum atomic E-state index is -0.636. The Bertz CT molecular complexity index is 1270.